The predicted molar refractivity (Wildman–Crippen MR) is 91.9 cm³/mol. The lowest BCUT2D eigenvalue weighted by molar-refractivity contribution is -0.149. The zero-order valence-electron chi connectivity index (χ0n) is 13.6. The van der Waals surface area contributed by atoms with Gasteiger partial charge in [-0.2, -0.15) is 13.2 Å². The minimum atomic E-state index is -4.26. The fourth-order valence-electron chi connectivity index (χ4n) is 2.84. The second kappa shape index (κ2) is 10.2. The molecule has 24 heavy (non-hydrogen) atoms. The Balaban J connectivity index is 0.00000264. The van der Waals surface area contributed by atoms with E-state index in [0.29, 0.717) is 43.2 Å². The molecule has 1 saturated heterocycles. The van der Waals surface area contributed by atoms with E-state index < -0.39 is 18.6 Å². The third-order valence-corrected chi connectivity index (χ3v) is 3.82. The molecular formula is C15H23Cl2F3N2O2. The van der Waals surface area contributed by atoms with Gasteiger partial charge in [-0.05, 0) is 12.1 Å². The molecule has 140 valence electrons. The maximum atomic E-state index is 13.1. The van der Waals surface area contributed by atoms with Crippen molar-refractivity contribution in [3.8, 4) is 11.5 Å². The number of hydrogen-bond acceptors (Lipinski definition) is 4. The number of ether oxygens (including phenoxy) is 2. The van der Waals surface area contributed by atoms with E-state index in [1.54, 1.807) is 18.2 Å². The number of hydrogen-bond donors (Lipinski definition) is 1. The minimum Gasteiger partial charge on any atom is -0.496 e. The Hall–Kier alpha value is -0.890. The van der Waals surface area contributed by atoms with Crippen molar-refractivity contribution in [2.75, 3.05) is 40.4 Å². The van der Waals surface area contributed by atoms with Crippen LogP contribution in [0.4, 0.5) is 13.2 Å². The Kier molecular flexibility index (Phi) is 9.80. The summed E-state index contributed by atoms with van der Waals surface area (Å²) < 4.78 is 49.9. The molecule has 1 aliphatic heterocycles. The van der Waals surface area contributed by atoms with Crippen LogP contribution in [0.25, 0.3) is 0 Å². The van der Waals surface area contributed by atoms with Gasteiger partial charge >= 0.3 is 6.18 Å². The van der Waals surface area contributed by atoms with E-state index in [4.69, 9.17) is 9.47 Å². The molecule has 1 N–H and O–H groups in total. The zero-order valence-corrected chi connectivity index (χ0v) is 15.2. The topological polar surface area (TPSA) is 33.7 Å². The second-order valence-electron chi connectivity index (χ2n) is 5.20. The number of alkyl halides is 3. The smallest absolute Gasteiger partial charge is 0.390 e. The average molecular weight is 391 g/mol. The van der Waals surface area contributed by atoms with Crippen molar-refractivity contribution >= 4 is 24.8 Å². The lowest BCUT2D eigenvalue weighted by Gasteiger charge is -2.36. The first-order valence-corrected chi connectivity index (χ1v) is 7.18. The van der Waals surface area contributed by atoms with Crippen LogP contribution < -0.4 is 14.8 Å². The minimum absolute atomic E-state index is 0. The molecule has 0 saturated carbocycles. The van der Waals surface area contributed by atoms with E-state index in [1.807, 2.05) is 4.90 Å². The molecule has 1 aromatic carbocycles. The normalized spacial score (nSPS) is 16.5. The first-order chi connectivity index (χ1) is 10.5. The van der Waals surface area contributed by atoms with Gasteiger partial charge in [-0.25, -0.2) is 0 Å². The van der Waals surface area contributed by atoms with Gasteiger partial charge in [-0.15, -0.1) is 24.8 Å². The second-order valence-corrected chi connectivity index (χ2v) is 5.20. The summed E-state index contributed by atoms with van der Waals surface area (Å²) in [6, 6.07) is 4.24. The fourth-order valence-corrected chi connectivity index (χ4v) is 2.84. The number of methoxy groups -OCH3 is 2. The van der Waals surface area contributed by atoms with Gasteiger partial charge in [0.25, 0.3) is 0 Å². The quantitative estimate of drug-likeness (QED) is 0.834. The standard InChI is InChI=1S/C15H21F3N2O2.2ClH/c1-21-12-4-3-5-13(22-2)14(12)11(10-15(16,17)18)20-8-6-19-7-9-20;;/h3-5,11,19H,6-10H2,1-2H3;2*1H/t11-;;/m1../s1. The molecule has 2 rings (SSSR count). The van der Waals surface area contributed by atoms with Crippen LogP contribution in [0.3, 0.4) is 0 Å². The Bertz CT molecular complexity index is 476. The van der Waals surface area contributed by atoms with Crippen LogP contribution in [0.15, 0.2) is 18.2 Å². The van der Waals surface area contributed by atoms with Gasteiger partial charge < -0.3 is 14.8 Å². The van der Waals surface area contributed by atoms with Crippen molar-refractivity contribution < 1.29 is 22.6 Å². The molecule has 0 bridgehead atoms. The fraction of sp³-hybridized carbons (Fsp3) is 0.600. The van der Waals surface area contributed by atoms with Crippen molar-refractivity contribution in [3.05, 3.63) is 23.8 Å². The number of nitrogens with zero attached hydrogens (tertiary/aromatic N) is 1. The molecule has 4 nitrogen and oxygen atoms in total. The molecule has 0 unspecified atom stereocenters. The molecule has 0 aliphatic carbocycles. The average Bonchev–Trinajstić information content (AvgIpc) is 2.52. The molecule has 1 fully saturated rings. The summed E-state index contributed by atoms with van der Waals surface area (Å²) in [5.74, 6) is 0.847. The SMILES string of the molecule is COc1cccc(OC)c1[C@@H](CC(F)(F)F)N1CCNCC1.Cl.Cl. The largest absolute Gasteiger partial charge is 0.496 e. The van der Waals surface area contributed by atoms with Crippen LogP contribution in [0, 0.1) is 0 Å². The number of piperazine rings is 1. The maximum absolute atomic E-state index is 13.1. The molecule has 1 atom stereocenters. The lowest BCUT2D eigenvalue weighted by Crippen LogP contribution is -2.46. The highest BCUT2D eigenvalue weighted by Gasteiger charge is 2.38. The number of halogens is 5. The van der Waals surface area contributed by atoms with Crippen LogP contribution in [0.5, 0.6) is 11.5 Å². The van der Waals surface area contributed by atoms with Crippen molar-refractivity contribution in [1.82, 2.24) is 10.2 Å². The van der Waals surface area contributed by atoms with Gasteiger partial charge in [0.15, 0.2) is 0 Å². The summed E-state index contributed by atoms with van der Waals surface area (Å²) >= 11 is 0. The monoisotopic (exact) mass is 390 g/mol. The van der Waals surface area contributed by atoms with Gasteiger partial charge in [0.2, 0.25) is 0 Å². The van der Waals surface area contributed by atoms with E-state index in [-0.39, 0.29) is 24.8 Å². The Morgan fingerprint density at radius 2 is 1.58 bits per heavy atom. The Labute approximate surface area is 152 Å². The number of benzene rings is 1. The predicted octanol–water partition coefficient (Wildman–Crippen LogP) is 3.45. The lowest BCUT2D eigenvalue weighted by atomic mass is 9.98. The number of rotatable bonds is 5. The van der Waals surface area contributed by atoms with Gasteiger partial charge in [-0.3, -0.25) is 4.90 Å². The Morgan fingerprint density at radius 1 is 1.08 bits per heavy atom. The van der Waals surface area contributed by atoms with Crippen LogP contribution in [-0.4, -0.2) is 51.5 Å². The van der Waals surface area contributed by atoms with Crippen molar-refractivity contribution in [1.29, 1.82) is 0 Å². The summed E-state index contributed by atoms with van der Waals surface area (Å²) in [4.78, 5) is 1.84. The van der Waals surface area contributed by atoms with Crippen LogP contribution in [0.2, 0.25) is 0 Å². The molecule has 0 radical (unpaired) electrons. The summed E-state index contributed by atoms with van der Waals surface area (Å²) in [6.45, 7) is 2.46. The van der Waals surface area contributed by atoms with Crippen molar-refractivity contribution in [2.24, 2.45) is 0 Å². The molecule has 1 aromatic rings. The molecule has 1 heterocycles. The van der Waals surface area contributed by atoms with E-state index >= 15 is 0 Å². The van der Waals surface area contributed by atoms with E-state index in [9.17, 15) is 13.2 Å². The van der Waals surface area contributed by atoms with Gasteiger partial charge in [0, 0.05) is 26.2 Å². The highest BCUT2D eigenvalue weighted by Crippen LogP contribution is 2.42. The van der Waals surface area contributed by atoms with E-state index in [2.05, 4.69) is 5.32 Å². The Morgan fingerprint density at radius 3 is 2.00 bits per heavy atom. The van der Waals surface area contributed by atoms with Crippen LogP contribution in [-0.2, 0) is 0 Å². The van der Waals surface area contributed by atoms with Gasteiger partial charge in [0.1, 0.15) is 11.5 Å². The summed E-state index contributed by atoms with van der Waals surface area (Å²) in [7, 11) is 2.92. The summed E-state index contributed by atoms with van der Waals surface area (Å²) in [5, 5.41) is 3.16. The van der Waals surface area contributed by atoms with Crippen molar-refractivity contribution in [3.63, 3.8) is 0 Å². The van der Waals surface area contributed by atoms with Crippen LogP contribution >= 0.6 is 24.8 Å². The highest BCUT2D eigenvalue weighted by molar-refractivity contribution is 5.85. The van der Waals surface area contributed by atoms with Gasteiger partial charge in [0.05, 0.1) is 32.2 Å². The zero-order chi connectivity index (χ0) is 16.2. The molecule has 0 spiro atoms. The molecular weight excluding hydrogens is 368 g/mol. The summed E-state index contributed by atoms with van der Waals surface area (Å²) in [6.07, 6.45) is -5.19. The third kappa shape index (κ3) is 5.88. The van der Waals surface area contributed by atoms with Gasteiger partial charge in [-0.1, -0.05) is 6.07 Å². The summed E-state index contributed by atoms with van der Waals surface area (Å²) in [5.41, 5.74) is 0.465. The highest BCUT2D eigenvalue weighted by atomic mass is 35.5. The first-order valence-electron chi connectivity index (χ1n) is 7.18. The molecule has 9 heteroatoms. The molecule has 0 aromatic heterocycles. The molecule has 1 aliphatic rings. The first kappa shape index (κ1) is 23.1. The van der Waals surface area contributed by atoms with E-state index in [0.717, 1.165) is 0 Å². The van der Waals surface area contributed by atoms with E-state index in [1.165, 1.54) is 14.2 Å². The third-order valence-electron chi connectivity index (χ3n) is 3.82. The maximum Gasteiger partial charge on any atom is 0.390 e. The van der Waals surface area contributed by atoms with Crippen molar-refractivity contribution in [2.45, 2.75) is 18.6 Å². The molecule has 0 amide bonds. The van der Waals surface area contributed by atoms with Crippen LogP contribution in [0.1, 0.15) is 18.0 Å². The number of nitrogens with one attached hydrogen (secondary N) is 1.